The van der Waals surface area contributed by atoms with Crippen LogP contribution in [0.2, 0.25) is 0 Å². The van der Waals surface area contributed by atoms with Gasteiger partial charge in [-0.1, -0.05) is 42.8 Å². The van der Waals surface area contributed by atoms with Gasteiger partial charge in [-0.05, 0) is 91.0 Å². The number of allylic oxidation sites excluding steroid dienone is 4. The Kier molecular flexibility index (Phi) is 5.36. The molecular weight excluding hydrogens is 436 g/mol. The second-order valence-corrected chi connectivity index (χ2v) is 10.8. The van der Waals surface area contributed by atoms with Gasteiger partial charge in [0.25, 0.3) is 0 Å². The van der Waals surface area contributed by atoms with Crippen LogP contribution in [0.1, 0.15) is 73.7 Å². The fourth-order valence-corrected chi connectivity index (χ4v) is 7.24. The van der Waals surface area contributed by atoms with Gasteiger partial charge in [-0.2, -0.15) is 0 Å². The summed E-state index contributed by atoms with van der Waals surface area (Å²) in [7, 11) is 0. The number of hydrogen-bond acceptors (Lipinski definition) is 4. The first-order chi connectivity index (χ1) is 16.9. The Hall–Kier alpha value is -3.27. The van der Waals surface area contributed by atoms with Crippen LogP contribution in [0.5, 0.6) is 5.75 Å². The van der Waals surface area contributed by atoms with Crippen molar-refractivity contribution in [1.82, 2.24) is 0 Å². The molecule has 0 radical (unpaired) electrons. The zero-order chi connectivity index (χ0) is 24.2. The van der Waals surface area contributed by atoms with Gasteiger partial charge in [0.15, 0.2) is 5.78 Å². The van der Waals surface area contributed by atoms with Crippen molar-refractivity contribution in [1.29, 1.82) is 0 Å². The lowest BCUT2D eigenvalue weighted by atomic mass is 9.53. The Morgan fingerprint density at radius 1 is 0.914 bits per heavy atom. The largest absolute Gasteiger partial charge is 0.423 e. The number of Topliss-reactive ketones (excluding diaryl/α,β-unsaturated/α-hetero) is 1. The summed E-state index contributed by atoms with van der Waals surface area (Å²) >= 11 is 0. The minimum absolute atomic E-state index is 0.147. The fourth-order valence-electron chi connectivity index (χ4n) is 7.24. The molecule has 4 aliphatic carbocycles. The summed E-state index contributed by atoms with van der Waals surface area (Å²) in [5.74, 6) is 1.74. The van der Waals surface area contributed by atoms with Gasteiger partial charge >= 0.3 is 5.97 Å². The van der Waals surface area contributed by atoms with E-state index in [4.69, 9.17) is 4.74 Å². The zero-order valence-electron chi connectivity index (χ0n) is 20.1. The predicted molar refractivity (Wildman–Crippen MR) is 133 cm³/mol. The molecule has 2 aromatic carbocycles. The Bertz CT molecular complexity index is 1270. The van der Waals surface area contributed by atoms with E-state index in [1.807, 2.05) is 36.4 Å². The summed E-state index contributed by atoms with van der Waals surface area (Å²) in [5.41, 5.74) is 5.47. The number of ether oxygens (including phenoxy) is 1. The number of carbonyl (C=O) groups excluding carboxylic acids is 3. The molecule has 0 amide bonds. The van der Waals surface area contributed by atoms with E-state index in [1.54, 1.807) is 12.1 Å². The van der Waals surface area contributed by atoms with E-state index in [0.717, 1.165) is 37.7 Å². The molecule has 0 aliphatic heterocycles. The summed E-state index contributed by atoms with van der Waals surface area (Å²) in [4.78, 5) is 37.7. The molecule has 0 aromatic heterocycles. The molecule has 178 valence electrons. The van der Waals surface area contributed by atoms with Crippen LogP contribution in [0.25, 0.3) is 0 Å². The second kappa shape index (κ2) is 8.44. The highest BCUT2D eigenvalue weighted by Crippen LogP contribution is 2.62. The van der Waals surface area contributed by atoms with Gasteiger partial charge in [-0.3, -0.25) is 9.59 Å². The number of benzene rings is 2. The van der Waals surface area contributed by atoms with Gasteiger partial charge in [0, 0.05) is 24.2 Å². The molecule has 4 nitrogen and oxygen atoms in total. The maximum absolute atomic E-state index is 13.1. The first kappa shape index (κ1) is 22.2. The third-order valence-corrected chi connectivity index (χ3v) is 8.95. The first-order valence-electron chi connectivity index (χ1n) is 12.8. The van der Waals surface area contributed by atoms with E-state index >= 15 is 0 Å². The quantitative estimate of drug-likeness (QED) is 0.389. The number of rotatable bonds is 3. The van der Waals surface area contributed by atoms with Crippen molar-refractivity contribution >= 4 is 17.5 Å². The van der Waals surface area contributed by atoms with E-state index in [2.05, 4.69) is 19.1 Å². The van der Waals surface area contributed by atoms with Gasteiger partial charge in [0.05, 0.1) is 5.56 Å². The van der Waals surface area contributed by atoms with E-state index in [9.17, 15) is 14.4 Å². The summed E-state index contributed by atoms with van der Waals surface area (Å²) in [6.45, 7) is 2.19. The summed E-state index contributed by atoms with van der Waals surface area (Å²) < 4.78 is 5.60. The summed E-state index contributed by atoms with van der Waals surface area (Å²) in [6.07, 6.45) is 7.72. The monoisotopic (exact) mass is 466 g/mol. The smallest absolute Gasteiger partial charge is 0.343 e. The lowest BCUT2D eigenvalue weighted by Gasteiger charge is -2.50. The minimum atomic E-state index is -0.373. The van der Waals surface area contributed by atoms with Crippen molar-refractivity contribution in [2.24, 2.45) is 17.3 Å². The zero-order valence-corrected chi connectivity index (χ0v) is 20.1. The van der Waals surface area contributed by atoms with Crippen LogP contribution in [0.15, 0.2) is 77.4 Å². The molecule has 4 heteroatoms. The van der Waals surface area contributed by atoms with Crippen molar-refractivity contribution in [3.05, 3.63) is 88.5 Å². The Labute approximate surface area is 206 Å². The van der Waals surface area contributed by atoms with Gasteiger partial charge in [0.1, 0.15) is 11.5 Å². The third-order valence-electron chi connectivity index (χ3n) is 8.95. The van der Waals surface area contributed by atoms with Crippen molar-refractivity contribution < 1.29 is 19.1 Å². The van der Waals surface area contributed by atoms with Crippen molar-refractivity contribution in [3.8, 4) is 5.75 Å². The number of fused-ring (bicyclic) bond motifs is 4. The first-order valence-corrected chi connectivity index (χ1v) is 12.8. The normalized spacial score (nSPS) is 29.7. The number of ketones is 2. The second-order valence-electron chi connectivity index (χ2n) is 10.8. The Morgan fingerprint density at radius 2 is 1.69 bits per heavy atom. The SMILES string of the molecule is C[C@]12C[C@H](c3ccc(OC(=O)c4ccccc4)cc3)C3=C4CCC(=O)C=C4CC[C@H]3[C@@H]1CCC2=O. The molecule has 0 N–H and O–H groups in total. The van der Waals surface area contributed by atoms with Crippen LogP contribution in [0.3, 0.4) is 0 Å². The average Bonchev–Trinajstić information content (AvgIpc) is 3.18. The molecule has 2 aromatic rings. The number of hydrogen-bond donors (Lipinski definition) is 0. The van der Waals surface area contributed by atoms with Gasteiger partial charge in [0.2, 0.25) is 0 Å². The van der Waals surface area contributed by atoms with Gasteiger partial charge in [-0.15, -0.1) is 0 Å². The third kappa shape index (κ3) is 3.71. The van der Waals surface area contributed by atoms with Crippen LogP contribution in [-0.2, 0) is 9.59 Å². The van der Waals surface area contributed by atoms with E-state index < -0.39 is 0 Å². The van der Waals surface area contributed by atoms with Crippen molar-refractivity contribution in [2.75, 3.05) is 0 Å². The van der Waals surface area contributed by atoms with Crippen LogP contribution in [-0.4, -0.2) is 17.5 Å². The lowest BCUT2D eigenvalue weighted by molar-refractivity contribution is -0.128. The molecule has 0 heterocycles. The molecule has 0 saturated heterocycles. The highest BCUT2D eigenvalue weighted by Gasteiger charge is 2.56. The maximum atomic E-state index is 13.1. The lowest BCUT2D eigenvalue weighted by Crippen LogP contribution is -2.43. The molecule has 0 unspecified atom stereocenters. The molecule has 2 fully saturated rings. The van der Waals surface area contributed by atoms with Crippen molar-refractivity contribution in [3.63, 3.8) is 0 Å². The Morgan fingerprint density at radius 3 is 2.46 bits per heavy atom. The molecule has 4 aliphatic rings. The predicted octanol–water partition coefficient (Wildman–Crippen LogP) is 6.37. The van der Waals surface area contributed by atoms with Crippen molar-refractivity contribution in [2.45, 2.75) is 57.8 Å². The van der Waals surface area contributed by atoms with Crippen LogP contribution in [0.4, 0.5) is 0 Å². The standard InChI is InChI=1S/C31H30O4/c1-31-18-26(19-7-11-23(12-8-19)35-30(34)20-5-3-2-4-6-20)29-24-14-10-22(32)17-21(24)9-13-25(29)27(31)15-16-28(31)33/h2-8,11-12,17,25-27H,9-10,13-16,18H2,1H3/t25-,26+,27-,31-/m0/s1. The molecule has 6 rings (SSSR count). The molecule has 0 spiro atoms. The molecule has 35 heavy (non-hydrogen) atoms. The summed E-state index contributed by atoms with van der Waals surface area (Å²) in [5, 5.41) is 0. The molecule has 2 saturated carbocycles. The highest BCUT2D eigenvalue weighted by molar-refractivity contribution is 5.93. The fraction of sp³-hybridized carbons (Fsp3) is 0.387. The average molecular weight is 467 g/mol. The van der Waals surface area contributed by atoms with Gasteiger partial charge in [-0.25, -0.2) is 4.79 Å². The van der Waals surface area contributed by atoms with E-state index in [1.165, 1.54) is 16.7 Å². The van der Waals surface area contributed by atoms with Crippen LogP contribution >= 0.6 is 0 Å². The highest BCUT2D eigenvalue weighted by atomic mass is 16.5. The van der Waals surface area contributed by atoms with Crippen LogP contribution in [0, 0.1) is 17.3 Å². The number of carbonyl (C=O) groups is 3. The topological polar surface area (TPSA) is 60.4 Å². The van der Waals surface area contributed by atoms with Gasteiger partial charge < -0.3 is 4.74 Å². The molecule has 4 atom stereocenters. The van der Waals surface area contributed by atoms with Crippen LogP contribution < -0.4 is 4.74 Å². The Balaban J connectivity index is 1.36. The maximum Gasteiger partial charge on any atom is 0.343 e. The minimum Gasteiger partial charge on any atom is -0.423 e. The molecular formula is C31H30O4. The molecule has 0 bridgehead atoms. The number of esters is 1. The summed E-state index contributed by atoms with van der Waals surface area (Å²) in [6, 6.07) is 16.8. The van der Waals surface area contributed by atoms with E-state index in [0.29, 0.717) is 41.8 Å². The van der Waals surface area contributed by atoms with E-state index in [-0.39, 0.29) is 23.1 Å².